The molecule has 7 unspecified atom stereocenters. The number of ether oxygens (including phenoxy) is 2. The van der Waals surface area contributed by atoms with Gasteiger partial charge in [0.15, 0.2) is 5.88 Å². The molecule has 1 aliphatic heterocycles. The maximum absolute atomic E-state index is 14.2. The van der Waals surface area contributed by atoms with Crippen molar-refractivity contribution in [3.63, 3.8) is 0 Å². The van der Waals surface area contributed by atoms with Gasteiger partial charge in [-0.05, 0) is 85.9 Å². The van der Waals surface area contributed by atoms with Crippen LogP contribution in [0.4, 0.5) is 5.69 Å². The van der Waals surface area contributed by atoms with Crippen LogP contribution >= 0.6 is 0 Å². The van der Waals surface area contributed by atoms with Crippen molar-refractivity contribution in [3.8, 4) is 0 Å². The molecule has 1 saturated carbocycles. The van der Waals surface area contributed by atoms with Gasteiger partial charge in [-0.2, -0.15) is 0 Å². The largest absolute Gasteiger partial charge is 0.474 e. The van der Waals surface area contributed by atoms with Crippen molar-refractivity contribution in [2.45, 2.75) is 136 Å². The summed E-state index contributed by atoms with van der Waals surface area (Å²) in [6.45, 7) is 12.1. The Labute approximate surface area is 420 Å². The second-order valence-electron chi connectivity index (χ2n) is 19.3. The molecule has 1 saturated heterocycles. The number of likely N-dealkylation sites (N-methyl/N-ethyl adjacent to an activating group) is 2. The highest BCUT2D eigenvalue weighted by molar-refractivity contribution is 5.92. The molecule has 2 aromatic carbocycles. The first kappa shape index (κ1) is 55.7. The number of carbonyl (C=O) groups excluding carboxylic acids is 5. The Hall–Kier alpha value is -6.20. The number of anilines is 1. The normalized spacial score (nSPS) is 17.5. The van der Waals surface area contributed by atoms with Crippen molar-refractivity contribution < 1.29 is 38.6 Å². The Morgan fingerprint density at radius 1 is 0.944 bits per heavy atom. The van der Waals surface area contributed by atoms with E-state index in [0.717, 1.165) is 24.0 Å². The van der Waals surface area contributed by atoms with E-state index in [4.69, 9.17) is 9.47 Å². The topological polar surface area (TPSA) is 211 Å². The smallest absolute Gasteiger partial charge is 0.243 e. The van der Waals surface area contributed by atoms with Gasteiger partial charge in [-0.15, -0.1) is 0 Å². The van der Waals surface area contributed by atoms with Crippen molar-refractivity contribution in [3.05, 3.63) is 108 Å². The number of likely N-dealkylation sites (tertiary alicyclic amines) is 1. The summed E-state index contributed by atoms with van der Waals surface area (Å²) in [6.07, 6.45) is 10.4. The molecule has 3 aromatic rings. The number of amides is 5. The number of hydrogen-bond acceptors (Lipinski definition) is 11. The SMILES string of the molecule is CC/C=C(\OCc1ccc(NC(=O)CNC=C2CC2)cc1)N(C)C(C(=O)NCC(=O)N(C)[C@@H](C(C)CC)C(O)CC(=O)N1CCCC1C(OC)C(C)C(=O)NC(Cc1ccccc1)c1ncc[nH]1)C(C)C. The van der Waals surface area contributed by atoms with E-state index < -0.39 is 48.2 Å². The minimum atomic E-state index is -1.21. The lowest BCUT2D eigenvalue weighted by Crippen LogP contribution is -2.55. The highest BCUT2D eigenvalue weighted by atomic mass is 16.5. The van der Waals surface area contributed by atoms with Crippen LogP contribution in [0.25, 0.3) is 0 Å². The van der Waals surface area contributed by atoms with E-state index in [1.54, 1.807) is 50.3 Å². The van der Waals surface area contributed by atoms with Crippen LogP contribution in [-0.2, 0) is 46.5 Å². The van der Waals surface area contributed by atoms with Crippen molar-refractivity contribution in [2.24, 2.45) is 17.8 Å². The lowest BCUT2D eigenvalue weighted by Gasteiger charge is -2.38. The summed E-state index contributed by atoms with van der Waals surface area (Å²) in [5, 5.41) is 23.8. The van der Waals surface area contributed by atoms with Gasteiger partial charge >= 0.3 is 0 Å². The minimum absolute atomic E-state index is 0.137. The molecule has 2 heterocycles. The Morgan fingerprint density at radius 3 is 2.28 bits per heavy atom. The lowest BCUT2D eigenvalue weighted by atomic mass is 9.90. The molecule has 6 N–H and O–H groups in total. The molecule has 17 heteroatoms. The number of nitrogens with zero attached hydrogens (tertiary/aromatic N) is 4. The second kappa shape index (κ2) is 27.4. The van der Waals surface area contributed by atoms with Gasteiger partial charge in [-0.3, -0.25) is 24.0 Å². The van der Waals surface area contributed by atoms with Crippen LogP contribution in [0, 0.1) is 17.8 Å². The average Bonchev–Trinajstić information content (AvgIpc) is 3.75. The number of allylic oxidation sites excluding steroid dienone is 2. The van der Waals surface area contributed by atoms with Crippen molar-refractivity contribution in [1.29, 1.82) is 0 Å². The molecule has 0 spiro atoms. The van der Waals surface area contributed by atoms with Crippen LogP contribution in [0.2, 0.25) is 0 Å². The van der Waals surface area contributed by atoms with E-state index in [1.165, 1.54) is 10.5 Å². The summed E-state index contributed by atoms with van der Waals surface area (Å²) in [5.41, 5.74) is 3.90. The maximum Gasteiger partial charge on any atom is 0.243 e. The number of carbonyl (C=O) groups is 5. The Bertz CT molecular complexity index is 2230. The zero-order valence-electron chi connectivity index (χ0n) is 43.3. The van der Waals surface area contributed by atoms with E-state index in [1.807, 2.05) is 101 Å². The number of aliphatic hydroxyl groups is 1. The molecule has 2 aliphatic rings. The summed E-state index contributed by atoms with van der Waals surface area (Å²) >= 11 is 0. The van der Waals surface area contributed by atoms with E-state index in [0.29, 0.717) is 56.0 Å². The first-order chi connectivity index (χ1) is 34.1. The number of nitrogens with one attached hydrogen (secondary N) is 5. The van der Waals surface area contributed by atoms with E-state index in [-0.39, 0.29) is 61.6 Å². The number of aromatic amines is 1. The van der Waals surface area contributed by atoms with Gasteiger partial charge in [0.25, 0.3) is 0 Å². The van der Waals surface area contributed by atoms with Gasteiger partial charge in [0.05, 0.1) is 55.8 Å². The van der Waals surface area contributed by atoms with Crippen LogP contribution in [0.5, 0.6) is 0 Å². The fourth-order valence-electron chi connectivity index (χ4n) is 9.45. The molecule has 5 amide bonds. The van der Waals surface area contributed by atoms with E-state index >= 15 is 0 Å². The molecule has 0 radical (unpaired) electrons. The number of rotatable bonds is 28. The molecule has 2 fully saturated rings. The Balaban J connectivity index is 1.16. The van der Waals surface area contributed by atoms with Gasteiger partial charge < -0.3 is 55.5 Å². The molecule has 1 aromatic heterocycles. The minimum Gasteiger partial charge on any atom is -0.474 e. The highest BCUT2D eigenvalue weighted by Gasteiger charge is 2.42. The number of H-pyrrole nitrogens is 1. The van der Waals surface area contributed by atoms with Crippen LogP contribution in [0.3, 0.4) is 0 Å². The standard InChI is InChI=1S/C54H79N9O8/c1-10-16-48(71-34-40-22-24-41(25-23-40)59-45(65)32-55-31-39-20-21-39)62(8)49(35(3)4)54(69)58-33-47(67)61(7)50(36(5)11-2)44(64)30-46(66)63-28-15-19-43(63)51(70-9)37(6)53(68)60-42(52-56-26-27-57-52)29-38-17-13-12-14-18-38/h12-14,16-18,22-27,31,35-37,42-44,49-51,55,64H,10-11,15,19-21,28-30,32-34H2,1-9H3,(H,56,57)(H,58,69)(H,59,65)(H,60,68)/b48-16-/t36?,37?,42?,43?,44?,49?,50-,51?/m0/s1. The number of benzene rings is 2. The van der Waals surface area contributed by atoms with Crippen LogP contribution in [-0.4, -0.2) is 130 Å². The summed E-state index contributed by atoms with van der Waals surface area (Å²) in [5.74, 6) is -1.28. The van der Waals surface area contributed by atoms with Crippen molar-refractivity contribution in [1.82, 2.24) is 40.6 Å². The number of imidazole rings is 1. The number of aliphatic hydroxyl groups excluding tert-OH is 1. The Kier molecular flexibility index (Phi) is 21.5. The molecule has 388 valence electrons. The molecule has 17 nitrogen and oxygen atoms in total. The van der Waals surface area contributed by atoms with Crippen molar-refractivity contribution >= 4 is 35.2 Å². The predicted octanol–water partition coefficient (Wildman–Crippen LogP) is 5.82. The van der Waals surface area contributed by atoms with E-state index in [2.05, 4.69) is 31.2 Å². The average molecular weight is 982 g/mol. The monoisotopic (exact) mass is 982 g/mol. The van der Waals surface area contributed by atoms with E-state index in [9.17, 15) is 29.1 Å². The predicted molar refractivity (Wildman–Crippen MR) is 274 cm³/mol. The quantitative estimate of drug-likeness (QED) is 0.0478. The Morgan fingerprint density at radius 2 is 1.66 bits per heavy atom. The van der Waals surface area contributed by atoms with Gasteiger partial charge in [0.1, 0.15) is 18.5 Å². The number of hydrogen-bond donors (Lipinski definition) is 6. The molecule has 0 bridgehead atoms. The lowest BCUT2D eigenvalue weighted by molar-refractivity contribution is -0.145. The van der Waals surface area contributed by atoms with Crippen LogP contribution < -0.4 is 21.3 Å². The summed E-state index contributed by atoms with van der Waals surface area (Å²) < 4.78 is 12.3. The third-order valence-corrected chi connectivity index (χ3v) is 13.7. The summed E-state index contributed by atoms with van der Waals surface area (Å²) in [4.78, 5) is 80.8. The van der Waals surface area contributed by atoms with Gasteiger partial charge in [0.2, 0.25) is 29.5 Å². The zero-order valence-corrected chi connectivity index (χ0v) is 43.3. The van der Waals surface area contributed by atoms with Gasteiger partial charge in [-0.25, -0.2) is 4.98 Å². The first-order valence-corrected chi connectivity index (χ1v) is 25.3. The van der Waals surface area contributed by atoms with Crippen LogP contribution in [0.15, 0.2) is 90.7 Å². The van der Waals surface area contributed by atoms with Crippen molar-refractivity contribution in [2.75, 3.05) is 46.2 Å². The highest BCUT2D eigenvalue weighted by Crippen LogP contribution is 2.30. The molecule has 1 aliphatic carbocycles. The molecule has 8 atom stereocenters. The number of methoxy groups -OCH3 is 1. The first-order valence-electron chi connectivity index (χ1n) is 25.3. The molecular formula is C54H79N9O8. The third kappa shape index (κ3) is 16.2. The second-order valence-corrected chi connectivity index (χ2v) is 19.3. The number of aromatic nitrogens is 2. The maximum atomic E-state index is 14.2. The zero-order chi connectivity index (χ0) is 51.6. The van der Waals surface area contributed by atoms with Crippen LogP contribution in [0.1, 0.15) is 109 Å². The summed E-state index contributed by atoms with van der Waals surface area (Å²) in [7, 11) is 4.94. The van der Waals surface area contributed by atoms with Gasteiger partial charge in [-0.1, -0.05) is 96.0 Å². The summed E-state index contributed by atoms with van der Waals surface area (Å²) in [6, 6.07) is 15.0. The fourth-order valence-corrected chi connectivity index (χ4v) is 9.45. The van der Waals surface area contributed by atoms with Gasteiger partial charge in [0, 0.05) is 45.8 Å². The fraction of sp³-hybridized carbons (Fsp3) is 0.556. The third-order valence-electron chi connectivity index (χ3n) is 13.7. The molecule has 5 rings (SSSR count). The molecular weight excluding hydrogens is 903 g/mol. The molecule has 71 heavy (non-hydrogen) atoms.